The fourth-order valence-electron chi connectivity index (χ4n) is 2.42. The van der Waals surface area contributed by atoms with Crippen molar-refractivity contribution in [1.29, 1.82) is 0 Å². The molecular weight excluding hydrogens is 295 g/mol. The summed E-state index contributed by atoms with van der Waals surface area (Å²) in [5, 5.41) is 5.45. The summed E-state index contributed by atoms with van der Waals surface area (Å²) in [5.41, 5.74) is -1.08. The molecule has 0 unspecified atom stereocenters. The number of hydrogen-bond acceptors (Lipinski definition) is 3. The molecule has 20 heavy (non-hydrogen) atoms. The fourth-order valence-corrected chi connectivity index (χ4v) is 2.57. The zero-order valence-corrected chi connectivity index (χ0v) is 10.9. The van der Waals surface area contributed by atoms with Crippen molar-refractivity contribution in [3.05, 3.63) is 22.8 Å². The molecule has 0 aromatic carbocycles. The quantitative estimate of drug-likeness (QED) is 0.882. The molecule has 1 aliphatic carbocycles. The molecule has 0 radical (unpaired) electrons. The maximum Gasteiger partial charge on any atom is 0.433 e. The number of hydrogen-bond donors (Lipinski definition) is 2. The lowest BCUT2D eigenvalue weighted by atomic mass is 10.1. The number of nitrogens with one attached hydrogen (secondary N) is 2. The minimum absolute atomic E-state index is 0.0190. The van der Waals surface area contributed by atoms with Crippen LogP contribution in [0.4, 0.5) is 19.0 Å². The number of amides is 1. The molecule has 1 aromatic rings. The third kappa shape index (κ3) is 2.60. The van der Waals surface area contributed by atoms with Gasteiger partial charge in [0, 0.05) is 6.04 Å². The molecule has 2 aliphatic rings. The van der Waals surface area contributed by atoms with Crippen molar-refractivity contribution < 1.29 is 18.0 Å². The first-order chi connectivity index (χ1) is 9.34. The normalized spacial score (nSPS) is 28.1. The molecule has 108 valence electrons. The number of aromatic nitrogens is 1. The number of fused-ring (bicyclic) bond motifs is 1. The summed E-state index contributed by atoms with van der Waals surface area (Å²) in [6.07, 6.45) is -2.81. The number of anilines is 1. The van der Waals surface area contributed by atoms with E-state index in [9.17, 15) is 18.0 Å². The molecule has 1 saturated heterocycles. The number of nitrogens with zero attached hydrogens (tertiary/aromatic N) is 1. The average molecular weight is 306 g/mol. The Morgan fingerprint density at radius 2 is 2.15 bits per heavy atom. The molecule has 1 amide bonds. The van der Waals surface area contributed by atoms with Gasteiger partial charge < -0.3 is 10.6 Å². The van der Waals surface area contributed by atoms with Gasteiger partial charge in [0.15, 0.2) is 5.82 Å². The number of alkyl halides is 3. The van der Waals surface area contributed by atoms with Crippen LogP contribution < -0.4 is 10.6 Å². The predicted octanol–water partition coefficient (Wildman–Crippen LogP) is 2.44. The van der Waals surface area contributed by atoms with E-state index in [1.54, 1.807) is 0 Å². The number of piperidine rings is 1. The second-order valence-corrected chi connectivity index (χ2v) is 5.48. The third-order valence-corrected chi connectivity index (χ3v) is 3.88. The molecule has 2 N–H and O–H groups in total. The predicted molar refractivity (Wildman–Crippen MR) is 66.3 cm³/mol. The van der Waals surface area contributed by atoms with Crippen LogP contribution in [0.5, 0.6) is 0 Å². The second kappa shape index (κ2) is 4.60. The summed E-state index contributed by atoms with van der Waals surface area (Å²) in [4.78, 5) is 15.3. The van der Waals surface area contributed by atoms with Crippen molar-refractivity contribution in [3.63, 3.8) is 0 Å². The van der Waals surface area contributed by atoms with Gasteiger partial charge in [-0.2, -0.15) is 13.2 Å². The first-order valence-corrected chi connectivity index (χ1v) is 6.53. The number of carbonyl (C=O) groups excluding carboxylic acids is 1. The van der Waals surface area contributed by atoms with Gasteiger partial charge in [0.1, 0.15) is 5.69 Å². The van der Waals surface area contributed by atoms with E-state index < -0.39 is 17.8 Å². The van der Waals surface area contributed by atoms with Gasteiger partial charge in [0.2, 0.25) is 5.91 Å². The van der Waals surface area contributed by atoms with Crippen molar-refractivity contribution in [2.75, 3.05) is 5.32 Å². The number of carbonyl (C=O) groups is 1. The molecular formula is C12H11ClF3N3O. The lowest BCUT2D eigenvalue weighted by Crippen LogP contribution is -2.38. The maximum absolute atomic E-state index is 12.6. The monoisotopic (exact) mass is 305 g/mol. The smallest absolute Gasteiger partial charge is 0.308 e. The van der Waals surface area contributed by atoms with Gasteiger partial charge in [-0.15, -0.1) is 0 Å². The number of pyridine rings is 1. The summed E-state index contributed by atoms with van der Waals surface area (Å²) in [6, 6.07) is 1.84. The molecule has 3 atom stereocenters. The third-order valence-electron chi connectivity index (χ3n) is 3.57. The standard InChI is InChI=1S/C12H11ClF3N3O/c13-6-1-2-9(12(14,15)16)18-10(6)19-11(20)8-4-5-3-7(5)17-8/h1-2,5,7-8,17H,3-4H2,(H,18,19,20)/t5-,7-,8+/m1/s1. The summed E-state index contributed by atoms with van der Waals surface area (Å²) in [7, 11) is 0. The highest BCUT2D eigenvalue weighted by molar-refractivity contribution is 6.33. The van der Waals surface area contributed by atoms with Crippen LogP contribution in [0, 0.1) is 5.92 Å². The van der Waals surface area contributed by atoms with Crippen molar-refractivity contribution in [2.24, 2.45) is 5.92 Å². The Balaban J connectivity index is 1.74. The minimum atomic E-state index is -4.57. The van der Waals surface area contributed by atoms with Crippen molar-refractivity contribution in [2.45, 2.75) is 31.1 Å². The summed E-state index contributed by atoms with van der Waals surface area (Å²) in [6.45, 7) is 0. The second-order valence-electron chi connectivity index (χ2n) is 5.07. The van der Waals surface area contributed by atoms with E-state index in [1.807, 2.05) is 0 Å². The molecule has 3 rings (SSSR count). The van der Waals surface area contributed by atoms with Gasteiger partial charge in [0.25, 0.3) is 0 Å². The molecule has 0 bridgehead atoms. The molecule has 1 saturated carbocycles. The Kier molecular flexibility index (Phi) is 3.13. The van der Waals surface area contributed by atoms with Crippen LogP contribution in [0.3, 0.4) is 0 Å². The number of rotatable bonds is 2. The largest absolute Gasteiger partial charge is 0.433 e. The van der Waals surface area contributed by atoms with Crippen LogP contribution in [0.2, 0.25) is 5.02 Å². The summed E-state index contributed by atoms with van der Waals surface area (Å²) < 4.78 is 37.7. The highest BCUT2D eigenvalue weighted by Gasteiger charge is 2.48. The van der Waals surface area contributed by atoms with Gasteiger partial charge in [-0.3, -0.25) is 4.79 Å². The molecule has 2 fully saturated rings. The molecule has 2 heterocycles. The minimum Gasteiger partial charge on any atom is -0.308 e. The van der Waals surface area contributed by atoms with Gasteiger partial charge in [-0.25, -0.2) is 4.98 Å². The van der Waals surface area contributed by atoms with Gasteiger partial charge in [-0.05, 0) is 30.9 Å². The average Bonchev–Trinajstić information content (AvgIpc) is 2.97. The van der Waals surface area contributed by atoms with Gasteiger partial charge >= 0.3 is 6.18 Å². The van der Waals surface area contributed by atoms with E-state index in [4.69, 9.17) is 11.6 Å². The molecule has 1 aromatic heterocycles. The Bertz CT molecular complexity index is 553. The SMILES string of the molecule is O=C(Nc1nc(C(F)(F)F)ccc1Cl)[C@@H]1C[C@H]2C[C@H]2N1. The summed E-state index contributed by atoms with van der Waals surface area (Å²) >= 11 is 5.77. The van der Waals surface area contributed by atoms with Crippen LogP contribution in [0.1, 0.15) is 18.5 Å². The Hall–Kier alpha value is -1.34. The first kappa shape index (κ1) is 13.6. The van der Waals surface area contributed by atoms with E-state index in [0.29, 0.717) is 18.4 Å². The van der Waals surface area contributed by atoms with Crippen molar-refractivity contribution in [3.8, 4) is 0 Å². The Morgan fingerprint density at radius 3 is 2.75 bits per heavy atom. The van der Waals surface area contributed by atoms with E-state index >= 15 is 0 Å². The lowest BCUT2D eigenvalue weighted by Gasteiger charge is -2.14. The Labute approximate surface area is 117 Å². The highest BCUT2D eigenvalue weighted by atomic mass is 35.5. The van der Waals surface area contributed by atoms with Crippen LogP contribution >= 0.6 is 11.6 Å². The Morgan fingerprint density at radius 1 is 1.40 bits per heavy atom. The lowest BCUT2D eigenvalue weighted by molar-refractivity contribution is -0.141. The first-order valence-electron chi connectivity index (χ1n) is 6.15. The van der Waals surface area contributed by atoms with E-state index in [2.05, 4.69) is 15.6 Å². The van der Waals surface area contributed by atoms with Crippen molar-refractivity contribution >= 4 is 23.3 Å². The zero-order valence-electron chi connectivity index (χ0n) is 10.2. The van der Waals surface area contributed by atoms with Crippen LogP contribution in [-0.2, 0) is 11.0 Å². The molecule has 8 heteroatoms. The topological polar surface area (TPSA) is 54.0 Å². The maximum atomic E-state index is 12.6. The van der Waals surface area contributed by atoms with E-state index in [-0.39, 0.29) is 16.9 Å². The van der Waals surface area contributed by atoms with E-state index in [0.717, 1.165) is 18.6 Å². The molecule has 4 nitrogen and oxygen atoms in total. The van der Waals surface area contributed by atoms with E-state index in [1.165, 1.54) is 0 Å². The number of halogens is 4. The van der Waals surface area contributed by atoms with Gasteiger partial charge in [0.05, 0.1) is 11.1 Å². The van der Waals surface area contributed by atoms with Gasteiger partial charge in [-0.1, -0.05) is 11.6 Å². The van der Waals surface area contributed by atoms with Crippen LogP contribution in [0.15, 0.2) is 12.1 Å². The summed E-state index contributed by atoms with van der Waals surface area (Å²) in [5.74, 6) is -0.143. The molecule has 1 aliphatic heterocycles. The van der Waals surface area contributed by atoms with Crippen LogP contribution in [-0.4, -0.2) is 23.0 Å². The zero-order chi connectivity index (χ0) is 14.5. The highest BCUT2D eigenvalue weighted by Crippen LogP contribution is 2.41. The van der Waals surface area contributed by atoms with Crippen molar-refractivity contribution in [1.82, 2.24) is 10.3 Å². The fraction of sp³-hybridized carbons (Fsp3) is 0.500. The molecule has 0 spiro atoms. The van der Waals surface area contributed by atoms with Crippen LogP contribution in [0.25, 0.3) is 0 Å².